The highest BCUT2D eigenvalue weighted by Gasteiger charge is 2.25. The van der Waals surface area contributed by atoms with Crippen molar-refractivity contribution in [3.63, 3.8) is 0 Å². The summed E-state index contributed by atoms with van der Waals surface area (Å²) in [5.74, 6) is 0.932. The van der Waals surface area contributed by atoms with Crippen molar-refractivity contribution in [2.75, 3.05) is 39.3 Å². The Morgan fingerprint density at radius 3 is 2.85 bits per heavy atom. The molecule has 1 fully saturated rings. The van der Waals surface area contributed by atoms with E-state index in [2.05, 4.69) is 26.6 Å². The third-order valence-corrected chi connectivity index (χ3v) is 4.85. The molecule has 2 N–H and O–H groups in total. The maximum Gasteiger partial charge on any atom is 0.234 e. The second-order valence-corrected chi connectivity index (χ2v) is 6.90. The minimum absolute atomic E-state index is 0.0240. The fourth-order valence-corrected chi connectivity index (χ4v) is 3.45. The Kier molecular flexibility index (Phi) is 6.79. The molecule has 0 radical (unpaired) electrons. The second kappa shape index (κ2) is 9.48. The molecular formula is C21H28N4O2. The molecule has 1 aliphatic rings. The summed E-state index contributed by atoms with van der Waals surface area (Å²) in [6.45, 7) is 7.96. The molecule has 27 heavy (non-hydrogen) atoms. The van der Waals surface area contributed by atoms with Gasteiger partial charge in [-0.15, -0.1) is 0 Å². The molecule has 1 atom stereocenters. The molecule has 1 aromatic carbocycles. The van der Waals surface area contributed by atoms with Crippen LogP contribution in [0.25, 0.3) is 0 Å². The van der Waals surface area contributed by atoms with Crippen molar-refractivity contribution in [1.29, 1.82) is 0 Å². The minimum atomic E-state index is 0.0240. The van der Waals surface area contributed by atoms with Gasteiger partial charge in [0, 0.05) is 38.1 Å². The molecule has 1 saturated heterocycles. The van der Waals surface area contributed by atoms with Crippen LogP contribution in [0.1, 0.15) is 22.7 Å². The van der Waals surface area contributed by atoms with Gasteiger partial charge in [0.1, 0.15) is 12.4 Å². The summed E-state index contributed by atoms with van der Waals surface area (Å²) in [5, 5.41) is 6.37. The van der Waals surface area contributed by atoms with Crippen LogP contribution in [0.3, 0.4) is 0 Å². The van der Waals surface area contributed by atoms with Gasteiger partial charge in [-0.1, -0.05) is 24.3 Å². The van der Waals surface area contributed by atoms with E-state index in [1.807, 2.05) is 44.3 Å². The molecule has 1 amide bonds. The lowest BCUT2D eigenvalue weighted by atomic mass is 10.1. The standard InChI is InChI=1S/C21H28N4O2/c1-16-5-3-6-17(2)21(16)27-12-10-24-20(26)15-25-11-9-23-14-19(25)18-7-4-8-22-13-18/h3-8,13,19,23H,9-12,14-15H2,1-2H3,(H,24,26). The van der Waals surface area contributed by atoms with Crippen LogP contribution >= 0.6 is 0 Å². The average molecular weight is 368 g/mol. The predicted octanol–water partition coefficient (Wildman–Crippen LogP) is 1.84. The lowest BCUT2D eigenvalue weighted by Gasteiger charge is -2.35. The number of benzene rings is 1. The summed E-state index contributed by atoms with van der Waals surface area (Å²) in [4.78, 5) is 18.8. The molecule has 1 aromatic heterocycles. The van der Waals surface area contributed by atoms with Crippen LogP contribution in [0.5, 0.6) is 5.75 Å². The molecule has 1 aliphatic heterocycles. The fourth-order valence-electron chi connectivity index (χ4n) is 3.45. The zero-order valence-electron chi connectivity index (χ0n) is 16.1. The Hall–Kier alpha value is -2.44. The Labute approximate surface area is 160 Å². The highest BCUT2D eigenvalue weighted by Crippen LogP contribution is 2.22. The maximum atomic E-state index is 12.4. The van der Waals surface area contributed by atoms with Gasteiger partial charge >= 0.3 is 0 Å². The van der Waals surface area contributed by atoms with Gasteiger partial charge in [0.05, 0.1) is 13.1 Å². The van der Waals surface area contributed by atoms with Gasteiger partial charge in [-0.2, -0.15) is 0 Å². The number of pyridine rings is 1. The van der Waals surface area contributed by atoms with Gasteiger partial charge in [0.25, 0.3) is 0 Å². The number of amides is 1. The number of piperazine rings is 1. The van der Waals surface area contributed by atoms with Crippen LogP contribution in [0.4, 0.5) is 0 Å². The first-order valence-electron chi connectivity index (χ1n) is 9.45. The van der Waals surface area contributed by atoms with E-state index in [4.69, 9.17) is 4.74 Å². The Morgan fingerprint density at radius 2 is 2.11 bits per heavy atom. The summed E-state index contributed by atoms with van der Waals surface area (Å²) in [6.07, 6.45) is 3.65. The summed E-state index contributed by atoms with van der Waals surface area (Å²) in [5.41, 5.74) is 3.36. The Bertz CT molecular complexity index is 731. The summed E-state index contributed by atoms with van der Waals surface area (Å²) in [6, 6.07) is 10.3. The molecule has 0 saturated carbocycles. The van der Waals surface area contributed by atoms with Crippen molar-refractivity contribution in [2.24, 2.45) is 0 Å². The maximum absolute atomic E-state index is 12.4. The number of aromatic nitrogens is 1. The van der Waals surface area contributed by atoms with Crippen LogP contribution < -0.4 is 15.4 Å². The molecule has 6 nitrogen and oxygen atoms in total. The largest absolute Gasteiger partial charge is 0.491 e. The van der Waals surface area contributed by atoms with Crippen molar-refractivity contribution in [3.8, 4) is 5.75 Å². The summed E-state index contributed by atoms with van der Waals surface area (Å²) < 4.78 is 5.85. The number of nitrogens with zero attached hydrogens (tertiary/aromatic N) is 2. The van der Waals surface area contributed by atoms with Crippen LogP contribution in [0.15, 0.2) is 42.7 Å². The molecule has 0 aliphatic carbocycles. The number of nitrogens with one attached hydrogen (secondary N) is 2. The molecule has 3 rings (SSSR count). The van der Waals surface area contributed by atoms with Gasteiger partial charge in [-0.3, -0.25) is 14.7 Å². The number of para-hydroxylation sites is 1. The van der Waals surface area contributed by atoms with Crippen molar-refractivity contribution < 1.29 is 9.53 Å². The van der Waals surface area contributed by atoms with Crippen LogP contribution in [-0.2, 0) is 4.79 Å². The molecule has 6 heteroatoms. The smallest absolute Gasteiger partial charge is 0.234 e. The Balaban J connectivity index is 1.47. The van der Waals surface area contributed by atoms with E-state index in [-0.39, 0.29) is 11.9 Å². The fraction of sp³-hybridized carbons (Fsp3) is 0.429. The van der Waals surface area contributed by atoms with Crippen molar-refractivity contribution >= 4 is 5.91 Å². The van der Waals surface area contributed by atoms with E-state index in [0.717, 1.165) is 42.1 Å². The predicted molar refractivity (Wildman–Crippen MR) is 106 cm³/mol. The zero-order valence-corrected chi connectivity index (χ0v) is 16.1. The number of ether oxygens (including phenoxy) is 1. The van der Waals surface area contributed by atoms with E-state index in [1.165, 1.54) is 0 Å². The average Bonchev–Trinajstić information content (AvgIpc) is 2.68. The van der Waals surface area contributed by atoms with Crippen molar-refractivity contribution in [3.05, 3.63) is 59.4 Å². The van der Waals surface area contributed by atoms with E-state index in [0.29, 0.717) is 19.7 Å². The third kappa shape index (κ3) is 5.28. The molecule has 0 spiro atoms. The number of carbonyl (C=O) groups is 1. The van der Waals surface area contributed by atoms with Crippen LogP contribution in [0, 0.1) is 13.8 Å². The lowest BCUT2D eigenvalue weighted by molar-refractivity contribution is -0.123. The molecule has 0 bridgehead atoms. The van der Waals surface area contributed by atoms with Gasteiger partial charge in [-0.05, 0) is 36.6 Å². The van der Waals surface area contributed by atoms with E-state index < -0.39 is 0 Å². The minimum Gasteiger partial charge on any atom is -0.491 e. The number of rotatable bonds is 7. The molecule has 144 valence electrons. The van der Waals surface area contributed by atoms with E-state index >= 15 is 0 Å². The summed E-state index contributed by atoms with van der Waals surface area (Å²) in [7, 11) is 0. The number of hydrogen-bond donors (Lipinski definition) is 2. The number of hydrogen-bond acceptors (Lipinski definition) is 5. The van der Waals surface area contributed by atoms with Crippen molar-refractivity contribution in [1.82, 2.24) is 20.5 Å². The highest BCUT2D eigenvalue weighted by molar-refractivity contribution is 5.78. The quantitative estimate of drug-likeness (QED) is 0.730. The normalized spacial score (nSPS) is 17.5. The molecule has 2 heterocycles. The topological polar surface area (TPSA) is 66.5 Å². The lowest BCUT2D eigenvalue weighted by Crippen LogP contribution is -2.49. The highest BCUT2D eigenvalue weighted by atomic mass is 16.5. The molecular weight excluding hydrogens is 340 g/mol. The Morgan fingerprint density at radius 1 is 1.30 bits per heavy atom. The first-order chi connectivity index (χ1) is 13.1. The van der Waals surface area contributed by atoms with Gasteiger partial charge < -0.3 is 15.4 Å². The van der Waals surface area contributed by atoms with Gasteiger partial charge in [-0.25, -0.2) is 0 Å². The van der Waals surface area contributed by atoms with E-state index in [1.54, 1.807) is 6.20 Å². The SMILES string of the molecule is Cc1cccc(C)c1OCCNC(=O)CN1CCNCC1c1cccnc1. The number of carbonyl (C=O) groups excluding carboxylic acids is 1. The van der Waals surface area contributed by atoms with Crippen LogP contribution in [-0.4, -0.2) is 55.1 Å². The van der Waals surface area contributed by atoms with Crippen LogP contribution in [0.2, 0.25) is 0 Å². The third-order valence-electron chi connectivity index (χ3n) is 4.85. The van der Waals surface area contributed by atoms with E-state index in [9.17, 15) is 4.79 Å². The van der Waals surface area contributed by atoms with Gasteiger partial charge in [0.15, 0.2) is 0 Å². The monoisotopic (exact) mass is 368 g/mol. The number of aryl methyl sites for hydroxylation is 2. The summed E-state index contributed by atoms with van der Waals surface area (Å²) >= 11 is 0. The van der Waals surface area contributed by atoms with Gasteiger partial charge in [0.2, 0.25) is 5.91 Å². The second-order valence-electron chi connectivity index (χ2n) is 6.90. The first kappa shape index (κ1) is 19.3. The first-order valence-corrected chi connectivity index (χ1v) is 9.45. The van der Waals surface area contributed by atoms with Crippen molar-refractivity contribution in [2.45, 2.75) is 19.9 Å². The molecule has 2 aromatic rings. The molecule has 1 unspecified atom stereocenters. The zero-order chi connectivity index (χ0) is 19.1.